The van der Waals surface area contributed by atoms with Crippen molar-refractivity contribution in [3.8, 4) is 11.1 Å². The summed E-state index contributed by atoms with van der Waals surface area (Å²) in [7, 11) is 4.00. The zero-order chi connectivity index (χ0) is 19.0. The minimum absolute atomic E-state index is 0.137. The van der Waals surface area contributed by atoms with Crippen molar-refractivity contribution in [2.24, 2.45) is 7.05 Å². The molecule has 0 N–H and O–H groups in total. The number of rotatable bonds is 3. The average Bonchev–Trinajstić information content (AvgIpc) is 3.09. The quantitative estimate of drug-likeness (QED) is 0.708. The van der Waals surface area contributed by atoms with Gasteiger partial charge in [0, 0.05) is 61.6 Å². The van der Waals surface area contributed by atoms with E-state index in [2.05, 4.69) is 40.0 Å². The van der Waals surface area contributed by atoms with Crippen molar-refractivity contribution in [3.05, 3.63) is 42.6 Å². The topological polar surface area (TPSA) is 67.2 Å². The molecule has 27 heavy (non-hydrogen) atoms. The Hall–Kier alpha value is -2.80. The number of hydrogen-bond donors (Lipinski definition) is 0. The van der Waals surface area contributed by atoms with Crippen molar-refractivity contribution in [1.29, 1.82) is 0 Å². The van der Waals surface area contributed by atoms with Crippen LogP contribution in [0.25, 0.3) is 22.0 Å². The fraction of sp³-hybridized carbons (Fsp3) is 0.400. The van der Waals surface area contributed by atoms with Gasteiger partial charge in [0.1, 0.15) is 0 Å². The molecule has 0 radical (unpaired) electrons. The number of fused-ring (bicyclic) bond motifs is 1. The highest BCUT2D eigenvalue weighted by molar-refractivity contribution is 5.84. The first-order chi connectivity index (χ1) is 13.0. The lowest BCUT2D eigenvalue weighted by atomic mass is 10.1. The molecule has 0 saturated carbocycles. The molecule has 3 aromatic heterocycles. The lowest BCUT2D eigenvalue weighted by Crippen LogP contribution is -2.52. The van der Waals surface area contributed by atoms with Crippen molar-refractivity contribution >= 4 is 16.8 Å². The van der Waals surface area contributed by atoms with Crippen LogP contribution in [-0.4, -0.2) is 68.2 Å². The van der Waals surface area contributed by atoms with E-state index in [1.165, 1.54) is 0 Å². The zero-order valence-corrected chi connectivity index (χ0v) is 16.0. The molecule has 4 rings (SSSR count). The van der Waals surface area contributed by atoms with E-state index >= 15 is 0 Å². The second-order valence-corrected chi connectivity index (χ2v) is 7.34. The molecular weight excluding hydrogens is 340 g/mol. The van der Waals surface area contributed by atoms with Crippen LogP contribution < -0.4 is 0 Å². The Kier molecular flexibility index (Phi) is 4.61. The summed E-state index contributed by atoms with van der Waals surface area (Å²) in [4.78, 5) is 25.9. The lowest BCUT2D eigenvalue weighted by Gasteiger charge is -2.37. The Labute approximate surface area is 158 Å². The first-order valence-electron chi connectivity index (χ1n) is 9.21. The monoisotopic (exact) mass is 364 g/mol. The number of carbonyl (C=O) groups excluding carboxylic acids is 1. The Balaban J connectivity index is 1.54. The summed E-state index contributed by atoms with van der Waals surface area (Å²) in [5.74, 6) is 0.137. The zero-order valence-electron chi connectivity index (χ0n) is 16.0. The third kappa shape index (κ3) is 3.68. The summed E-state index contributed by atoms with van der Waals surface area (Å²) in [6.45, 7) is 4.62. The minimum atomic E-state index is 0.137. The van der Waals surface area contributed by atoms with Crippen molar-refractivity contribution in [2.75, 3.05) is 26.7 Å². The molecule has 0 spiro atoms. The van der Waals surface area contributed by atoms with Crippen LogP contribution in [0.15, 0.2) is 36.9 Å². The van der Waals surface area contributed by atoms with Gasteiger partial charge in [0.05, 0.1) is 30.0 Å². The standard InChI is InChI=1S/C20H24N6O/c1-14-12-26(5-4-24(14)2)20(27)8-18-7-15-6-16(9-22-19(15)11-21-18)17-10-23-25(3)13-17/h6-7,9-11,13-14H,4-5,8,12H2,1-3H3/t14-/m1/s1. The second kappa shape index (κ2) is 7.08. The molecular formula is C20H24N6O. The molecule has 4 heterocycles. The van der Waals surface area contributed by atoms with Gasteiger partial charge in [0.25, 0.3) is 0 Å². The van der Waals surface area contributed by atoms with Crippen LogP contribution in [0.4, 0.5) is 0 Å². The van der Waals surface area contributed by atoms with Crippen LogP contribution in [-0.2, 0) is 18.3 Å². The van der Waals surface area contributed by atoms with E-state index in [4.69, 9.17) is 0 Å². The Morgan fingerprint density at radius 2 is 1.96 bits per heavy atom. The van der Waals surface area contributed by atoms with Crippen LogP contribution in [0.3, 0.4) is 0 Å². The second-order valence-electron chi connectivity index (χ2n) is 7.34. The first kappa shape index (κ1) is 17.6. The fourth-order valence-corrected chi connectivity index (χ4v) is 3.44. The summed E-state index contributed by atoms with van der Waals surface area (Å²) in [5, 5.41) is 5.20. The van der Waals surface area contributed by atoms with Crippen LogP contribution >= 0.6 is 0 Å². The summed E-state index contributed by atoms with van der Waals surface area (Å²) < 4.78 is 1.77. The van der Waals surface area contributed by atoms with Gasteiger partial charge in [-0.3, -0.25) is 19.4 Å². The smallest absolute Gasteiger partial charge is 0.228 e. The van der Waals surface area contributed by atoms with E-state index in [-0.39, 0.29) is 5.91 Å². The normalized spacial score (nSPS) is 18.2. The number of carbonyl (C=O) groups is 1. The van der Waals surface area contributed by atoms with Gasteiger partial charge in [-0.15, -0.1) is 0 Å². The largest absolute Gasteiger partial charge is 0.340 e. The van der Waals surface area contributed by atoms with Gasteiger partial charge >= 0.3 is 0 Å². The highest BCUT2D eigenvalue weighted by atomic mass is 16.2. The molecule has 0 aromatic carbocycles. The fourth-order valence-electron chi connectivity index (χ4n) is 3.44. The highest BCUT2D eigenvalue weighted by Gasteiger charge is 2.24. The van der Waals surface area contributed by atoms with Crippen LogP contribution in [0.2, 0.25) is 0 Å². The minimum Gasteiger partial charge on any atom is -0.340 e. The van der Waals surface area contributed by atoms with Crippen molar-refractivity contribution < 1.29 is 4.79 Å². The summed E-state index contributed by atoms with van der Waals surface area (Å²) in [5.41, 5.74) is 3.64. The SMILES string of the molecule is C[C@@H]1CN(C(=O)Cc2cc3cc(-c4cnn(C)c4)cnc3cn2)CCN1C. The molecule has 7 heteroatoms. The number of pyridine rings is 2. The molecule has 1 saturated heterocycles. The molecule has 1 amide bonds. The summed E-state index contributed by atoms with van der Waals surface area (Å²) >= 11 is 0. The van der Waals surface area contributed by atoms with Gasteiger partial charge in [0.2, 0.25) is 5.91 Å². The molecule has 140 valence electrons. The maximum absolute atomic E-state index is 12.7. The third-order valence-electron chi connectivity index (χ3n) is 5.31. The number of hydrogen-bond acceptors (Lipinski definition) is 5. The van der Waals surface area contributed by atoms with Gasteiger partial charge in [-0.25, -0.2) is 0 Å². The van der Waals surface area contributed by atoms with E-state index in [9.17, 15) is 4.79 Å². The molecule has 1 atom stereocenters. The maximum Gasteiger partial charge on any atom is 0.228 e. The average molecular weight is 364 g/mol. The van der Waals surface area contributed by atoms with E-state index in [1.807, 2.05) is 36.6 Å². The van der Waals surface area contributed by atoms with Gasteiger partial charge in [-0.2, -0.15) is 5.10 Å². The van der Waals surface area contributed by atoms with Crippen molar-refractivity contribution in [2.45, 2.75) is 19.4 Å². The molecule has 0 unspecified atom stereocenters. The van der Waals surface area contributed by atoms with Crippen LogP contribution in [0.1, 0.15) is 12.6 Å². The molecule has 0 aliphatic carbocycles. The molecule has 3 aromatic rings. The number of nitrogens with zero attached hydrogens (tertiary/aromatic N) is 6. The summed E-state index contributed by atoms with van der Waals surface area (Å²) in [6.07, 6.45) is 7.69. The van der Waals surface area contributed by atoms with Crippen molar-refractivity contribution in [1.82, 2.24) is 29.5 Å². The van der Waals surface area contributed by atoms with Crippen molar-refractivity contribution in [3.63, 3.8) is 0 Å². The number of aromatic nitrogens is 4. The number of piperazine rings is 1. The summed E-state index contributed by atoms with van der Waals surface area (Å²) in [6, 6.07) is 4.44. The predicted octanol–water partition coefficient (Wildman–Crippen LogP) is 1.74. The number of aryl methyl sites for hydroxylation is 1. The van der Waals surface area contributed by atoms with Crippen LogP contribution in [0.5, 0.6) is 0 Å². The van der Waals surface area contributed by atoms with Gasteiger partial charge in [0.15, 0.2) is 0 Å². The van der Waals surface area contributed by atoms with E-state index < -0.39 is 0 Å². The van der Waals surface area contributed by atoms with E-state index in [1.54, 1.807) is 10.9 Å². The molecule has 1 aliphatic heterocycles. The number of amides is 1. The maximum atomic E-state index is 12.7. The van der Waals surface area contributed by atoms with E-state index in [0.717, 1.165) is 47.4 Å². The van der Waals surface area contributed by atoms with Gasteiger partial charge in [-0.05, 0) is 26.1 Å². The van der Waals surface area contributed by atoms with Gasteiger partial charge < -0.3 is 9.80 Å². The predicted molar refractivity (Wildman–Crippen MR) is 104 cm³/mol. The Morgan fingerprint density at radius 1 is 1.11 bits per heavy atom. The molecule has 1 fully saturated rings. The third-order valence-corrected chi connectivity index (χ3v) is 5.31. The first-order valence-corrected chi connectivity index (χ1v) is 9.21. The van der Waals surface area contributed by atoms with E-state index in [0.29, 0.717) is 12.5 Å². The number of likely N-dealkylation sites (N-methyl/N-ethyl adjacent to an activating group) is 1. The molecule has 1 aliphatic rings. The lowest BCUT2D eigenvalue weighted by molar-refractivity contribution is -0.133. The van der Waals surface area contributed by atoms with Crippen LogP contribution in [0, 0.1) is 0 Å². The van der Waals surface area contributed by atoms with Gasteiger partial charge in [-0.1, -0.05) is 0 Å². The molecule has 0 bridgehead atoms. The Morgan fingerprint density at radius 3 is 2.70 bits per heavy atom. The Bertz CT molecular complexity index is 982. The highest BCUT2D eigenvalue weighted by Crippen LogP contribution is 2.22. The molecule has 7 nitrogen and oxygen atoms in total.